The molecule has 152 valence electrons. The Morgan fingerprint density at radius 1 is 1.14 bits per heavy atom. The van der Waals surface area contributed by atoms with Gasteiger partial charge >= 0.3 is 0 Å². The van der Waals surface area contributed by atoms with Gasteiger partial charge in [0.25, 0.3) is 5.91 Å². The third-order valence-corrected chi connectivity index (χ3v) is 4.43. The van der Waals surface area contributed by atoms with E-state index in [4.69, 9.17) is 16.3 Å². The van der Waals surface area contributed by atoms with Crippen LogP contribution >= 0.6 is 35.6 Å². The van der Waals surface area contributed by atoms with Crippen LogP contribution in [0.5, 0.6) is 5.75 Å². The third-order valence-electron chi connectivity index (χ3n) is 4.07. The molecule has 0 aliphatic heterocycles. The fraction of sp³-hybridized carbons (Fsp3) is 0.300. The topological polar surface area (TPSA) is 74.8 Å². The number of benzene rings is 2. The maximum atomic E-state index is 11.6. The van der Waals surface area contributed by atoms with Crippen molar-refractivity contribution < 1.29 is 9.53 Å². The lowest BCUT2D eigenvalue weighted by Crippen LogP contribution is -2.37. The van der Waals surface area contributed by atoms with E-state index in [9.17, 15) is 4.79 Å². The summed E-state index contributed by atoms with van der Waals surface area (Å²) in [4.78, 5) is 15.8. The molecule has 0 radical (unpaired) electrons. The number of carbonyl (C=O) groups excluding carboxylic acids is 1. The van der Waals surface area contributed by atoms with Crippen molar-refractivity contribution in [2.24, 2.45) is 4.99 Å². The minimum Gasteiger partial charge on any atom is -0.497 e. The number of halogens is 2. The zero-order valence-corrected chi connectivity index (χ0v) is 19.3. The van der Waals surface area contributed by atoms with Crippen LogP contribution in [0.15, 0.2) is 47.5 Å². The SMILES string of the molecule is CN=C(NCCc1ccc(OC)cc1Cl)NCc1ccc(C(=O)NC)cc1.I. The highest BCUT2D eigenvalue weighted by Gasteiger charge is 2.05. The second kappa shape index (κ2) is 12.5. The van der Waals surface area contributed by atoms with Gasteiger partial charge in [0.2, 0.25) is 0 Å². The predicted molar refractivity (Wildman–Crippen MR) is 125 cm³/mol. The fourth-order valence-electron chi connectivity index (χ4n) is 2.50. The van der Waals surface area contributed by atoms with Crippen LogP contribution in [-0.2, 0) is 13.0 Å². The largest absolute Gasteiger partial charge is 0.497 e. The highest BCUT2D eigenvalue weighted by molar-refractivity contribution is 14.0. The number of ether oxygens (including phenoxy) is 1. The molecule has 0 saturated heterocycles. The molecule has 2 rings (SSSR count). The molecule has 0 aliphatic rings. The number of hydrogen-bond acceptors (Lipinski definition) is 3. The summed E-state index contributed by atoms with van der Waals surface area (Å²) >= 11 is 6.26. The first-order valence-electron chi connectivity index (χ1n) is 8.65. The van der Waals surface area contributed by atoms with Gasteiger partial charge < -0.3 is 20.7 Å². The molecule has 0 unspecified atom stereocenters. The summed E-state index contributed by atoms with van der Waals surface area (Å²) in [6.07, 6.45) is 0.768. The summed E-state index contributed by atoms with van der Waals surface area (Å²) in [5.74, 6) is 1.36. The summed E-state index contributed by atoms with van der Waals surface area (Å²) in [7, 11) is 4.96. The number of hydrogen-bond donors (Lipinski definition) is 3. The number of nitrogens with one attached hydrogen (secondary N) is 3. The van der Waals surface area contributed by atoms with E-state index in [2.05, 4.69) is 20.9 Å². The highest BCUT2D eigenvalue weighted by atomic mass is 127. The van der Waals surface area contributed by atoms with Gasteiger partial charge in [0.15, 0.2) is 5.96 Å². The van der Waals surface area contributed by atoms with Crippen LogP contribution in [0.2, 0.25) is 5.02 Å². The summed E-state index contributed by atoms with van der Waals surface area (Å²) in [6, 6.07) is 13.1. The lowest BCUT2D eigenvalue weighted by Gasteiger charge is -2.13. The number of carbonyl (C=O) groups is 1. The van der Waals surface area contributed by atoms with Crippen molar-refractivity contribution in [2.45, 2.75) is 13.0 Å². The smallest absolute Gasteiger partial charge is 0.251 e. The Kier molecular flexibility index (Phi) is 10.7. The van der Waals surface area contributed by atoms with Crippen molar-refractivity contribution in [3.8, 4) is 5.75 Å². The zero-order chi connectivity index (χ0) is 19.6. The van der Waals surface area contributed by atoms with E-state index in [1.165, 1.54) is 0 Å². The molecule has 0 spiro atoms. The maximum Gasteiger partial charge on any atom is 0.251 e. The predicted octanol–water partition coefficient (Wildman–Crippen LogP) is 3.23. The van der Waals surface area contributed by atoms with E-state index in [0.29, 0.717) is 29.6 Å². The molecule has 0 aromatic heterocycles. The quantitative estimate of drug-likeness (QED) is 0.300. The molecule has 6 nitrogen and oxygen atoms in total. The Balaban J connectivity index is 0.00000392. The normalized spacial score (nSPS) is 10.6. The minimum atomic E-state index is -0.0934. The van der Waals surface area contributed by atoms with E-state index in [-0.39, 0.29) is 29.9 Å². The van der Waals surface area contributed by atoms with Crippen molar-refractivity contribution >= 4 is 47.4 Å². The van der Waals surface area contributed by atoms with Crippen LogP contribution in [0.4, 0.5) is 0 Å². The number of methoxy groups -OCH3 is 1. The Morgan fingerprint density at radius 3 is 2.43 bits per heavy atom. The number of nitrogens with zero attached hydrogens (tertiary/aromatic N) is 1. The van der Waals surface area contributed by atoms with E-state index >= 15 is 0 Å². The Morgan fingerprint density at radius 2 is 1.86 bits per heavy atom. The van der Waals surface area contributed by atoms with Gasteiger partial charge in [0.05, 0.1) is 7.11 Å². The van der Waals surface area contributed by atoms with Crippen LogP contribution in [0.25, 0.3) is 0 Å². The Hall–Kier alpha value is -2.00. The van der Waals surface area contributed by atoms with Gasteiger partial charge in [-0.15, -0.1) is 24.0 Å². The Bertz CT molecular complexity index is 797. The Labute approximate surface area is 188 Å². The number of amides is 1. The second-order valence-electron chi connectivity index (χ2n) is 5.84. The van der Waals surface area contributed by atoms with Crippen LogP contribution in [0, 0.1) is 0 Å². The monoisotopic (exact) mass is 516 g/mol. The van der Waals surface area contributed by atoms with Crippen molar-refractivity contribution in [1.82, 2.24) is 16.0 Å². The van der Waals surface area contributed by atoms with Crippen molar-refractivity contribution in [1.29, 1.82) is 0 Å². The molecular formula is C20H26ClIN4O2. The summed E-state index contributed by atoms with van der Waals surface area (Å²) in [6.45, 7) is 1.30. The van der Waals surface area contributed by atoms with E-state index in [1.807, 2.05) is 30.3 Å². The van der Waals surface area contributed by atoms with Gasteiger partial charge in [-0.1, -0.05) is 29.8 Å². The van der Waals surface area contributed by atoms with Crippen molar-refractivity contribution in [3.05, 3.63) is 64.2 Å². The molecule has 0 atom stereocenters. The van der Waals surface area contributed by atoms with Gasteiger partial charge in [-0.2, -0.15) is 0 Å². The molecule has 1 amide bonds. The van der Waals surface area contributed by atoms with E-state index in [0.717, 1.165) is 23.3 Å². The standard InChI is InChI=1S/C20H25ClN4O2.HI/c1-22-19(26)16-6-4-14(5-7-16)13-25-20(23-2)24-11-10-15-8-9-17(27-3)12-18(15)21;/h4-9,12H,10-11,13H2,1-3H3,(H,22,26)(H2,23,24,25);1H. The van der Waals surface area contributed by atoms with Gasteiger partial charge in [-0.3, -0.25) is 9.79 Å². The summed E-state index contributed by atoms with van der Waals surface area (Å²) in [5.41, 5.74) is 2.74. The minimum absolute atomic E-state index is 0. The molecule has 0 aliphatic carbocycles. The molecule has 2 aromatic carbocycles. The average Bonchev–Trinajstić information content (AvgIpc) is 2.71. The van der Waals surface area contributed by atoms with Crippen molar-refractivity contribution in [2.75, 3.05) is 27.7 Å². The van der Waals surface area contributed by atoms with E-state index in [1.54, 1.807) is 33.3 Å². The summed E-state index contributed by atoms with van der Waals surface area (Å²) < 4.78 is 5.16. The van der Waals surface area contributed by atoms with E-state index < -0.39 is 0 Å². The average molecular weight is 517 g/mol. The lowest BCUT2D eigenvalue weighted by molar-refractivity contribution is 0.0963. The molecular weight excluding hydrogens is 491 g/mol. The molecule has 0 heterocycles. The fourth-order valence-corrected chi connectivity index (χ4v) is 2.76. The van der Waals surface area contributed by atoms with Gasteiger partial charge in [-0.25, -0.2) is 0 Å². The second-order valence-corrected chi connectivity index (χ2v) is 6.24. The zero-order valence-electron chi connectivity index (χ0n) is 16.2. The van der Waals surface area contributed by atoms with Gasteiger partial charge in [-0.05, 0) is 41.8 Å². The number of aliphatic imine (C=N–C) groups is 1. The number of guanidine groups is 1. The van der Waals surface area contributed by atoms with Crippen LogP contribution in [0.3, 0.4) is 0 Å². The number of rotatable bonds is 7. The first-order chi connectivity index (χ1) is 13.1. The lowest BCUT2D eigenvalue weighted by atomic mass is 10.1. The molecule has 0 fully saturated rings. The molecule has 3 N–H and O–H groups in total. The molecule has 0 saturated carbocycles. The van der Waals surface area contributed by atoms with Crippen LogP contribution < -0.4 is 20.7 Å². The molecule has 8 heteroatoms. The first kappa shape index (κ1) is 24.0. The maximum absolute atomic E-state index is 11.6. The molecule has 2 aromatic rings. The van der Waals surface area contributed by atoms with Crippen LogP contribution in [0.1, 0.15) is 21.5 Å². The van der Waals surface area contributed by atoms with Crippen LogP contribution in [-0.4, -0.2) is 39.6 Å². The first-order valence-corrected chi connectivity index (χ1v) is 9.03. The van der Waals surface area contributed by atoms with Gasteiger partial charge in [0, 0.05) is 37.8 Å². The highest BCUT2D eigenvalue weighted by Crippen LogP contribution is 2.22. The third kappa shape index (κ3) is 7.20. The van der Waals surface area contributed by atoms with Crippen molar-refractivity contribution in [3.63, 3.8) is 0 Å². The molecule has 0 bridgehead atoms. The van der Waals surface area contributed by atoms with Gasteiger partial charge in [0.1, 0.15) is 5.75 Å². The molecule has 28 heavy (non-hydrogen) atoms. The summed E-state index contributed by atoms with van der Waals surface area (Å²) in [5, 5.41) is 9.82.